The number of ether oxygens (including phenoxy) is 3. The first-order valence-electron chi connectivity index (χ1n) is 8.30. The van der Waals surface area contributed by atoms with Gasteiger partial charge in [-0.05, 0) is 31.2 Å². The molecule has 0 radical (unpaired) electrons. The van der Waals surface area contributed by atoms with Crippen molar-refractivity contribution in [2.75, 3.05) is 33.5 Å². The van der Waals surface area contributed by atoms with Gasteiger partial charge < -0.3 is 19.1 Å². The second-order valence-electron chi connectivity index (χ2n) is 5.40. The largest absolute Gasteiger partial charge is 0.484 e. The summed E-state index contributed by atoms with van der Waals surface area (Å²) < 4.78 is 15.5. The number of hydrogen-bond donors (Lipinski definition) is 0. The third kappa shape index (κ3) is 6.82. The smallest absolute Gasteiger partial charge is 0.357 e. The van der Waals surface area contributed by atoms with E-state index in [1.54, 1.807) is 48.6 Å². The highest BCUT2D eigenvalue weighted by molar-refractivity contribution is 7.09. The molecule has 7 nitrogen and oxygen atoms in total. The summed E-state index contributed by atoms with van der Waals surface area (Å²) in [6, 6.07) is 6.77. The second-order valence-corrected chi connectivity index (χ2v) is 6.78. The van der Waals surface area contributed by atoms with Crippen LogP contribution in [-0.2, 0) is 20.8 Å². The molecule has 0 unspecified atom stereocenters. The van der Waals surface area contributed by atoms with Crippen molar-refractivity contribution < 1.29 is 23.8 Å². The van der Waals surface area contributed by atoms with Crippen LogP contribution in [0.1, 0.15) is 22.4 Å². The Morgan fingerprint density at radius 2 is 2.00 bits per heavy atom. The monoisotopic (exact) mass is 412 g/mol. The SMILES string of the molecule is CCOC(=O)c1csc(CN(CCOC)C(=O)COc2ccc(Cl)cc2)n1. The van der Waals surface area contributed by atoms with Crippen LogP contribution in [0, 0.1) is 0 Å². The number of amides is 1. The standard InChI is InChI=1S/C18H21ClN2O5S/c1-3-25-18(23)15-12-27-16(20-15)10-21(8-9-24-2)17(22)11-26-14-6-4-13(19)5-7-14/h4-7,12H,3,8-11H2,1-2H3. The van der Waals surface area contributed by atoms with Gasteiger partial charge in [0.05, 0.1) is 19.8 Å². The van der Waals surface area contributed by atoms with E-state index in [1.807, 2.05) is 0 Å². The number of carbonyl (C=O) groups excluding carboxylic acids is 2. The molecule has 0 aliphatic carbocycles. The van der Waals surface area contributed by atoms with Gasteiger partial charge in [0, 0.05) is 24.1 Å². The fourth-order valence-electron chi connectivity index (χ4n) is 2.11. The van der Waals surface area contributed by atoms with E-state index in [4.69, 9.17) is 25.8 Å². The molecule has 1 amide bonds. The Morgan fingerprint density at radius 3 is 2.67 bits per heavy atom. The van der Waals surface area contributed by atoms with Crippen LogP contribution in [0.3, 0.4) is 0 Å². The number of benzene rings is 1. The molecule has 9 heteroatoms. The van der Waals surface area contributed by atoms with Crippen molar-refractivity contribution >= 4 is 34.8 Å². The minimum Gasteiger partial charge on any atom is -0.484 e. The number of nitrogens with zero attached hydrogens (tertiary/aromatic N) is 2. The maximum atomic E-state index is 12.5. The average Bonchev–Trinajstić information content (AvgIpc) is 3.13. The summed E-state index contributed by atoms with van der Waals surface area (Å²) in [5.41, 5.74) is 0.244. The Kier molecular flexibility index (Phi) is 8.50. The number of hydrogen-bond acceptors (Lipinski definition) is 7. The lowest BCUT2D eigenvalue weighted by molar-refractivity contribution is -0.134. The molecule has 0 saturated heterocycles. The van der Waals surface area contributed by atoms with Crippen LogP contribution in [0.25, 0.3) is 0 Å². The average molecular weight is 413 g/mol. The molecule has 2 rings (SSSR count). The molecule has 1 heterocycles. The van der Waals surface area contributed by atoms with Crippen LogP contribution in [-0.4, -0.2) is 55.2 Å². The minimum absolute atomic E-state index is 0.124. The van der Waals surface area contributed by atoms with Crippen LogP contribution >= 0.6 is 22.9 Å². The van der Waals surface area contributed by atoms with Gasteiger partial charge in [-0.3, -0.25) is 4.79 Å². The highest BCUT2D eigenvalue weighted by Gasteiger charge is 2.18. The number of halogens is 1. The van der Waals surface area contributed by atoms with E-state index in [0.29, 0.717) is 28.9 Å². The van der Waals surface area contributed by atoms with Crippen molar-refractivity contribution in [2.24, 2.45) is 0 Å². The van der Waals surface area contributed by atoms with E-state index < -0.39 is 5.97 Å². The van der Waals surface area contributed by atoms with Crippen molar-refractivity contribution in [1.82, 2.24) is 9.88 Å². The lowest BCUT2D eigenvalue weighted by atomic mass is 10.3. The van der Waals surface area contributed by atoms with Crippen LogP contribution in [0.5, 0.6) is 5.75 Å². The van der Waals surface area contributed by atoms with Crippen LogP contribution in [0.4, 0.5) is 0 Å². The van der Waals surface area contributed by atoms with Crippen LogP contribution in [0.2, 0.25) is 5.02 Å². The molecule has 0 bridgehead atoms. The van der Waals surface area contributed by atoms with Crippen LogP contribution < -0.4 is 4.74 Å². The molecule has 27 heavy (non-hydrogen) atoms. The van der Waals surface area contributed by atoms with E-state index >= 15 is 0 Å². The third-order valence-corrected chi connectivity index (χ3v) is 4.54. The van der Waals surface area contributed by atoms with Gasteiger partial charge in [-0.1, -0.05) is 11.6 Å². The van der Waals surface area contributed by atoms with Crippen molar-refractivity contribution in [1.29, 1.82) is 0 Å². The van der Waals surface area contributed by atoms with Crippen molar-refractivity contribution in [3.63, 3.8) is 0 Å². The number of aromatic nitrogens is 1. The van der Waals surface area contributed by atoms with Gasteiger partial charge in [0.2, 0.25) is 0 Å². The zero-order chi connectivity index (χ0) is 19.6. The number of rotatable bonds is 10. The van der Waals surface area contributed by atoms with E-state index in [-0.39, 0.29) is 31.4 Å². The van der Waals surface area contributed by atoms with Gasteiger partial charge in [-0.15, -0.1) is 11.3 Å². The first-order valence-corrected chi connectivity index (χ1v) is 9.55. The van der Waals surface area contributed by atoms with E-state index in [9.17, 15) is 9.59 Å². The van der Waals surface area contributed by atoms with Gasteiger partial charge in [-0.25, -0.2) is 9.78 Å². The number of methoxy groups -OCH3 is 1. The maximum Gasteiger partial charge on any atom is 0.357 e. The van der Waals surface area contributed by atoms with E-state index in [2.05, 4.69) is 4.98 Å². The zero-order valence-corrected chi connectivity index (χ0v) is 16.7. The molecule has 0 aliphatic rings. The number of carbonyl (C=O) groups is 2. The summed E-state index contributed by atoms with van der Waals surface area (Å²) >= 11 is 7.13. The topological polar surface area (TPSA) is 78.0 Å². The highest BCUT2D eigenvalue weighted by atomic mass is 35.5. The fraction of sp³-hybridized carbons (Fsp3) is 0.389. The summed E-state index contributed by atoms with van der Waals surface area (Å²) in [6.45, 7) is 2.91. The summed E-state index contributed by atoms with van der Waals surface area (Å²) in [4.78, 5) is 30.1. The third-order valence-electron chi connectivity index (χ3n) is 3.46. The minimum atomic E-state index is -0.471. The Hall–Kier alpha value is -2.16. The molecule has 0 spiro atoms. The number of thiazole rings is 1. The van der Waals surface area contributed by atoms with Crippen molar-refractivity contribution in [3.8, 4) is 5.75 Å². The first-order chi connectivity index (χ1) is 13.0. The lowest BCUT2D eigenvalue weighted by Crippen LogP contribution is -2.36. The molecule has 0 N–H and O–H groups in total. The van der Waals surface area contributed by atoms with E-state index in [0.717, 1.165) is 0 Å². The quantitative estimate of drug-likeness (QED) is 0.558. The molecule has 1 aromatic carbocycles. The Bertz CT molecular complexity index is 750. The summed E-state index contributed by atoms with van der Waals surface area (Å²) in [7, 11) is 1.56. The molecule has 146 valence electrons. The lowest BCUT2D eigenvalue weighted by Gasteiger charge is -2.21. The summed E-state index contributed by atoms with van der Waals surface area (Å²) in [6.07, 6.45) is 0. The van der Waals surface area contributed by atoms with Gasteiger partial charge in [0.25, 0.3) is 5.91 Å². The first kappa shape index (κ1) is 21.1. The highest BCUT2D eigenvalue weighted by Crippen LogP contribution is 2.16. The Balaban J connectivity index is 1.97. The predicted octanol–water partition coefficient (Wildman–Crippen LogP) is 3.03. The van der Waals surface area contributed by atoms with Gasteiger partial charge in [0.1, 0.15) is 10.8 Å². The molecule has 0 fully saturated rings. The fourth-order valence-corrected chi connectivity index (χ4v) is 3.01. The summed E-state index contributed by atoms with van der Waals surface area (Å²) in [5, 5.41) is 2.85. The van der Waals surface area contributed by atoms with Gasteiger partial charge >= 0.3 is 5.97 Å². The molecule has 0 aliphatic heterocycles. The maximum absolute atomic E-state index is 12.5. The molecular formula is C18H21ClN2O5S. The molecule has 2 aromatic rings. The molecule has 1 aromatic heterocycles. The normalized spacial score (nSPS) is 10.5. The van der Waals surface area contributed by atoms with Crippen molar-refractivity contribution in [2.45, 2.75) is 13.5 Å². The predicted molar refractivity (Wildman–Crippen MR) is 102 cm³/mol. The zero-order valence-electron chi connectivity index (χ0n) is 15.1. The second kappa shape index (κ2) is 10.9. The molecule has 0 saturated carbocycles. The van der Waals surface area contributed by atoms with Crippen molar-refractivity contribution in [3.05, 3.63) is 45.4 Å². The van der Waals surface area contributed by atoms with E-state index in [1.165, 1.54) is 11.3 Å². The van der Waals surface area contributed by atoms with Gasteiger partial charge in [0.15, 0.2) is 12.3 Å². The Morgan fingerprint density at radius 1 is 1.26 bits per heavy atom. The summed E-state index contributed by atoms with van der Waals surface area (Å²) in [5.74, 6) is -0.131. The number of esters is 1. The van der Waals surface area contributed by atoms with Gasteiger partial charge in [-0.2, -0.15) is 0 Å². The Labute approximate surface area is 166 Å². The molecular weight excluding hydrogens is 392 g/mol. The molecule has 0 atom stereocenters. The van der Waals surface area contributed by atoms with Crippen LogP contribution in [0.15, 0.2) is 29.6 Å².